The van der Waals surface area contributed by atoms with Crippen molar-refractivity contribution in [1.82, 2.24) is 4.98 Å². The highest BCUT2D eigenvalue weighted by Crippen LogP contribution is 2.31. The van der Waals surface area contributed by atoms with E-state index in [0.717, 1.165) is 33.0 Å². The number of anilines is 1. The van der Waals surface area contributed by atoms with Crippen molar-refractivity contribution in [3.8, 4) is 5.75 Å². The van der Waals surface area contributed by atoms with Crippen LogP contribution in [0.25, 0.3) is 22.4 Å². The summed E-state index contributed by atoms with van der Waals surface area (Å²) in [7, 11) is 2.04. The lowest BCUT2D eigenvalue weighted by molar-refractivity contribution is 0.0971. The summed E-state index contributed by atoms with van der Waals surface area (Å²) in [6.07, 6.45) is 3.98. The van der Waals surface area contributed by atoms with Gasteiger partial charge in [0.2, 0.25) is 0 Å². The molecule has 1 heterocycles. The highest BCUT2D eigenvalue weighted by molar-refractivity contribution is 9.10. The van der Waals surface area contributed by atoms with Crippen molar-refractivity contribution in [2.75, 3.05) is 38.3 Å². The van der Waals surface area contributed by atoms with E-state index in [-0.39, 0.29) is 12.4 Å². The van der Waals surface area contributed by atoms with Gasteiger partial charge in [0.15, 0.2) is 0 Å². The second-order valence-electron chi connectivity index (χ2n) is 6.46. The number of aliphatic hydroxyl groups excluding tert-OH is 1. The second kappa shape index (κ2) is 9.52. The van der Waals surface area contributed by atoms with E-state index in [4.69, 9.17) is 14.8 Å². The van der Waals surface area contributed by atoms with Gasteiger partial charge in [-0.1, -0.05) is 12.1 Å². The predicted octanol–water partition coefficient (Wildman–Crippen LogP) is 4.69. The normalized spacial score (nSPS) is 11.6. The fourth-order valence-corrected chi connectivity index (χ4v) is 4.13. The molecule has 0 aliphatic carbocycles. The summed E-state index contributed by atoms with van der Waals surface area (Å²) in [5.74, 6) is 0.228. The van der Waals surface area contributed by atoms with Gasteiger partial charge in [-0.2, -0.15) is 0 Å². The molecule has 2 aromatic carbocycles. The molecule has 0 aliphatic heterocycles. The molecule has 0 aliphatic rings. The van der Waals surface area contributed by atoms with Gasteiger partial charge in [0.05, 0.1) is 34.5 Å². The van der Waals surface area contributed by atoms with Crippen molar-refractivity contribution in [1.29, 1.82) is 0 Å². The summed E-state index contributed by atoms with van der Waals surface area (Å²) in [5, 5.41) is 19.3. The fourth-order valence-electron chi connectivity index (χ4n) is 2.85. The van der Waals surface area contributed by atoms with Crippen LogP contribution in [0.5, 0.6) is 5.75 Å². The number of aryl methyl sites for hydroxylation is 1. The molecule has 0 amide bonds. The Bertz CT molecular complexity index is 987. The lowest BCUT2D eigenvalue weighted by Gasteiger charge is -2.21. The number of aromatic hydroxyl groups is 1. The smallest absolute Gasteiger partial charge is 0.129 e. The first-order valence-electron chi connectivity index (χ1n) is 8.95. The van der Waals surface area contributed by atoms with Gasteiger partial charge >= 0.3 is 0 Å². The standard InChI is InChI=1S/C21H23BrN2O3S/c1-14-11-17-20(13-18(14)24(2)7-9-27-10-8-25)28-21(23-17)6-4-15-3-5-19(26)16(22)12-15/h3-6,11-13,25-26H,7-10H2,1-2H3/b6-4+. The van der Waals surface area contributed by atoms with E-state index in [1.54, 1.807) is 17.4 Å². The fraction of sp³-hybridized carbons (Fsp3) is 0.286. The van der Waals surface area contributed by atoms with Gasteiger partial charge in [0.25, 0.3) is 0 Å². The highest BCUT2D eigenvalue weighted by Gasteiger charge is 2.10. The molecule has 0 radical (unpaired) electrons. The largest absolute Gasteiger partial charge is 0.507 e. The van der Waals surface area contributed by atoms with Crippen molar-refractivity contribution >= 4 is 55.3 Å². The van der Waals surface area contributed by atoms with Crippen molar-refractivity contribution in [2.45, 2.75) is 6.92 Å². The Kier molecular flexibility index (Phi) is 7.07. The molecular formula is C21H23BrN2O3S. The molecule has 3 aromatic rings. The molecule has 3 rings (SSSR count). The number of likely N-dealkylation sites (N-methyl/N-ethyl adjacent to an activating group) is 1. The third-order valence-corrected chi connectivity index (χ3v) is 5.95. The van der Waals surface area contributed by atoms with E-state index in [2.05, 4.69) is 39.9 Å². The SMILES string of the molecule is Cc1cc2nc(/C=C/c3ccc(O)c(Br)c3)sc2cc1N(C)CCOCCO. The maximum absolute atomic E-state index is 9.60. The number of aliphatic hydroxyl groups is 1. The van der Waals surface area contributed by atoms with Crippen LogP contribution >= 0.6 is 27.3 Å². The van der Waals surface area contributed by atoms with Gasteiger partial charge < -0.3 is 19.8 Å². The number of halogens is 1. The molecular weight excluding hydrogens is 440 g/mol. The molecule has 0 spiro atoms. The Labute approximate surface area is 177 Å². The average Bonchev–Trinajstić information content (AvgIpc) is 3.07. The van der Waals surface area contributed by atoms with E-state index in [1.165, 1.54) is 5.56 Å². The number of rotatable bonds is 8. The average molecular weight is 463 g/mol. The Morgan fingerprint density at radius 2 is 2.04 bits per heavy atom. The molecule has 7 heteroatoms. The number of phenolic OH excluding ortho intramolecular Hbond substituents is 1. The van der Waals surface area contributed by atoms with E-state index in [0.29, 0.717) is 17.7 Å². The molecule has 0 fully saturated rings. The van der Waals surface area contributed by atoms with Crippen molar-refractivity contribution in [3.05, 3.63) is 50.9 Å². The summed E-state index contributed by atoms with van der Waals surface area (Å²) in [6, 6.07) is 9.68. The molecule has 5 nitrogen and oxygen atoms in total. The van der Waals surface area contributed by atoms with Gasteiger partial charge in [-0.05, 0) is 64.3 Å². The Morgan fingerprint density at radius 1 is 1.21 bits per heavy atom. The highest BCUT2D eigenvalue weighted by atomic mass is 79.9. The number of hydrogen-bond donors (Lipinski definition) is 2. The van der Waals surface area contributed by atoms with Crippen LogP contribution in [0.4, 0.5) is 5.69 Å². The molecule has 28 heavy (non-hydrogen) atoms. The monoisotopic (exact) mass is 462 g/mol. The van der Waals surface area contributed by atoms with Crippen molar-refractivity contribution in [2.24, 2.45) is 0 Å². The number of ether oxygens (including phenoxy) is 1. The Balaban J connectivity index is 1.77. The van der Waals surface area contributed by atoms with Crippen LogP contribution in [0.15, 0.2) is 34.8 Å². The minimum atomic E-state index is 0.0486. The molecule has 148 valence electrons. The number of aromatic nitrogens is 1. The maximum atomic E-state index is 9.60. The Hall–Kier alpha value is -1.93. The molecule has 2 N–H and O–H groups in total. The van der Waals surface area contributed by atoms with Gasteiger partial charge in [-0.25, -0.2) is 4.98 Å². The van der Waals surface area contributed by atoms with Crippen LogP contribution in [0.2, 0.25) is 0 Å². The number of nitrogens with zero attached hydrogens (tertiary/aromatic N) is 2. The van der Waals surface area contributed by atoms with Gasteiger partial charge in [0, 0.05) is 19.3 Å². The number of phenols is 1. The zero-order valence-corrected chi connectivity index (χ0v) is 18.3. The second-order valence-corrected chi connectivity index (χ2v) is 8.38. The van der Waals surface area contributed by atoms with Gasteiger partial charge in [-0.3, -0.25) is 0 Å². The zero-order chi connectivity index (χ0) is 20.1. The summed E-state index contributed by atoms with van der Waals surface area (Å²) in [6.45, 7) is 3.84. The van der Waals surface area contributed by atoms with Crippen LogP contribution in [0.1, 0.15) is 16.1 Å². The quantitative estimate of drug-likeness (QED) is 0.475. The lowest BCUT2D eigenvalue weighted by Crippen LogP contribution is -2.23. The molecule has 0 saturated carbocycles. The topological polar surface area (TPSA) is 65.8 Å². The molecule has 0 bridgehead atoms. The van der Waals surface area contributed by atoms with Crippen LogP contribution in [-0.4, -0.2) is 48.6 Å². The molecule has 0 atom stereocenters. The number of hydrogen-bond acceptors (Lipinski definition) is 6. The van der Waals surface area contributed by atoms with Crippen molar-refractivity contribution < 1.29 is 14.9 Å². The third kappa shape index (κ3) is 5.11. The first-order valence-corrected chi connectivity index (χ1v) is 10.6. The number of fused-ring (bicyclic) bond motifs is 1. The first-order chi connectivity index (χ1) is 13.5. The third-order valence-electron chi connectivity index (χ3n) is 4.33. The molecule has 0 unspecified atom stereocenters. The van der Waals surface area contributed by atoms with Gasteiger partial charge in [-0.15, -0.1) is 11.3 Å². The minimum absolute atomic E-state index is 0.0486. The van der Waals surface area contributed by atoms with E-state index < -0.39 is 0 Å². The van der Waals surface area contributed by atoms with E-state index >= 15 is 0 Å². The predicted molar refractivity (Wildman–Crippen MR) is 120 cm³/mol. The minimum Gasteiger partial charge on any atom is -0.507 e. The van der Waals surface area contributed by atoms with E-state index in [9.17, 15) is 5.11 Å². The first kappa shape index (κ1) is 20.8. The van der Waals surface area contributed by atoms with Gasteiger partial charge in [0.1, 0.15) is 10.8 Å². The maximum Gasteiger partial charge on any atom is 0.129 e. The van der Waals surface area contributed by atoms with Crippen LogP contribution in [-0.2, 0) is 4.74 Å². The van der Waals surface area contributed by atoms with Crippen LogP contribution in [0.3, 0.4) is 0 Å². The number of benzene rings is 2. The molecule has 1 aromatic heterocycles. The summed E-state index contributed by atoms with van der Waals surface area (Å²) in [4.78, 5) is 6.88. The van der Waals surface area contributed by atoms with E-state index in [1.807, 2.05) is 31.3 Å². The summed E-state index contributed by atoms with van der Waals surface area (Å²) in [5.41, 5.74) is 4.30. The Morgan fingerprint density at radius 3 is 2.79 bits per heavy atom. The molecule has 0 saturated heterocycles. The number of thiazole rings is 1. The zero-order valence-electron chi connectivity index (χ0n) is 15.9. The van der Waals surface area contributed by atoms with Crippen LogP contribution in [0, 0.1) is 6.92 Å². The summed E-state index contributed by atoms with van der Waals surface area (Å²) >= 11 is 4.98. The van der Waals surface area contributed by atoms with Crippen LogP contribution < -0.4 is 4.90 Å². The van der Waals surface area contributed by atoms with Crippen molar-refractivity contribution in [3.63, 3.8) is 0 Å². The summed E-state index contributed by atoms with van der Waals surface area (Å²) < 4.78 is 7.17. The lowest BCUT2D eigenvalue weighted by atomic mass is 10.1.